The number of carbonyl (C=O) groups is 1. The fourth-order valence-electron chi connectivity index (χ4n) is 2.69. The average molecular weight is 291 g/mol. The summed E-state index contributed by atoms with van der Waals surface area (Å²) in [5, 5.41) is 5.16. The van der Waals surface area contributed by atoms with Crippen molar-refractivity contribution in [2.75, 3.05) is 0 Å². The molecule has 0 unspecified atom stereocenters. The van der Waals surface area contributed by atoms with E-state index >= 15 is 0 Å². The smallest absolute Gasteiger partial charge is 0.236 e. The highest BCUT2D eigenvalue weighted by Gasteiger charge is 2.14. The second-order valence-corrected chi connectivity index (χ2v) is 5.13. The number of carbonyl (C=O) groups excluding carboxylic acids is 1. The first-order chi connectivity index (χ1) is 10.7. The van der Waals surface area contributed by atoms with Crippen LogP contribution in [-0.4, -0.2) is 16.7 Å². The fourth-order valence-corrected chi connectivity index (χ4v) is 2.69. The van der Waals surface area contributed by atoms with Crippen molar-refractivity contribution in [1.29, 1.82) is 0 Å². The van der Waals surface area contributed by atoms with E-state index in [0.717, 1.165) is 27.7 Å². The lowest BCUT2D eigenvalue weighted by Gasteiger charge is -2.06. The van der Waals surface area contributed by atoms with Gasteiger partial charge in [-0.3, -0.25) is 4.79 Å². The molecule has 1 aromatic heterocycles. The molecule has 0 aliphatic carbocycles. The molecule has 0 saturated heterocycles. The largest absolute Gasteiger partial charge is 0.343 e. The maximum absolute atomic E-state index is 11.0. The second-order valence-electron chi connectivity index (χ2n) is 5.13. The lowest BCUT2D eigenvalue weighted by atomic mass is 10.1. The quantitative estimate of drug-likeness (QED) is 0.584. The van der Waals surface area contributed by atoms with E-state index in [9.17, 15) is 4.79 Å². The molecule has 0 bridgehead atoms. The van der Waals surface area contributed by atoms with Crippen LogP contribution in [0.2, 0.25) is 0 Å². The molecule has 0 aliphatic heterocycles. The summed E-state index contributed by atoms with van der Waals surface area (Å²) < 4.78 is 2.15. The SMILES string of the molecule is CC(=O)N/N=C/c1c(-c2ccccc2)n(C)c2ccccc12. The summed E-state index contributed by atoms with van der Waals surface area (Å²) in [6.45, 7) is 1.44. The molecule has 4 heteroatoms. The lowest BCUT2D eigenvalue weighted by Crippen LogP contribution is -2.12. The van der Waals surface area contributed by atoms with E-state index < -0.39 is 0 Å². The van der Waals surface area contributed by atoms with Gasteiger partial charge in [0, 0.05) is 30.4 Å². The summed E-state index contributed by atoms with van der Waals surface area (Å²) in [4.78, 5) is 11.0. The molecule has 1 N–H and O–H groups in total. The Morgan fingerprint density at radius 3 is 2.50 bits per heavy atom. The second kappa shape index (κ2) is 5.85. The number of benzene rings is 2. The number of nitrogens with zero attached hydrogens (tertiary/aromatic N) is 2. The predicted molar refractivity (Wildman–Crippen MR) is 89.8 cm³/mol. The topological polar surface area (TPSA) is 46.4 Å². The Balaban J connectivity index is 2.23. The Hall–Kier alpha value is -2.88. The van der Waals surface area contributed by atoms with Gasteiger partial charge in [0.25, 0.3) is 0 Å². The van der Waals surface area contributed by atoms with Crippen LogP contribution in [0.4, 0.5) is 0 Å². The Morgan fingerprint density at radius 1 is 1.09 bits per heavy atom. The molecule has 0 aliphatic rings. The number of amides is 1. The minimum Gasteiger partial charge on any atom is -0.343 e. The average Bonchev–Trinajstić information content (AvgIpc) is 2.81. The molecule has 1 heterocycles. The standard InChI is InChI=1S/C18H17N3O/c1-13(22)20-19-12-16-15-10-6-7-11-17(15)21(2)18(16)14-8-4-3-5-9-14/h3-12H,1-2H3,(H,20,22)/b19-12+. The molecule has 3 rings (SSSR count). The zero-order valence-electron chi connectivity index (χ0n) is 12.6. The number of hydrogen-bond donors (Lipinski definition) is 1. The van der Waals surface area contributed by atoms with E-state index in [-0.39, 0.29) is 5.91 Å². The molecule has 0 radical (unpaired) electrons. The van der Waals surface area contributed by atoms with Gasteiger partial charge >= 0.3 is 0 Å². The molecule has 2 aromatic carbocycles. The van der Waals surface area contributed by atoms with Crippen LogP contribution in [0.1, 0.15) is 12.5 Å². The van der Waals surface area contributed by atoms with Gasteiger partial charge in [0.15, 0.2) is 0 Å². The summed E-state index contributed by atoms with van der Waals surface area (Å²) in [5.41, 5.74) is 6.79. The van der Waals surface area contributed by atoms with Crippen molar-refractivity contribution < 1.29 is 4.79 Å². The van der Waals surface area contributed by atoms with E-state index in [1.807, 2.05) is 37.4 Å². The van der Waals surface area contributed by atoms with Crippen LogP contribution in [0.3, 0.4) is 0 Å². The number of hydrogen-bond acceptors (Lipinski definition) is 2. The van der Waals surface area contributed by atoms with Gasteiger partial charge in [-0.15, -0.1) is 0 Å². The zero-order chi connectivity index (χ0) is 15.5. The van der Waals surface area contributed by atoms with Crippen LogP contribution in [0.5, 0.6) is 0 Å². The first-order valence-corrected chi connectivity index (χ1v) is 7.11. The summed E-state index contributed by atoms with van der Waals surface area (Å²) >= 11 is 0. The van der Waals surface area contributed by atoms with Gasteiger partial charge < -0.3 is 4.57 Å². The van der Waals surface area contributed by atoms with Gasteiger partial charge in [-0.05, 0) is 11.6 Å². The molecule has 3 aromatic rings. The van der Waals surface area contributed by atoms with Crippen LogP contribution in [0, 0.1) is 0 Å². The van der Waals surface area contributed by atoms with Gasteiger partial charge in [0.1, 0.15) is 0 Å². The third-order valence-electron chi connectivity index (χ3n) is 3.61. The first-order valence-electron chi connectivity index (χ1n) is 7.11. The molecular formula is C18H17N3O. The van der Waals surface area contributed by atoms with E-state index in [4.69, 9.17) is 0 Å². The Bertz CT molecular complexity index is 847. The van der Waals surface area contributed by atoms with E-state index in [1.54, 1.807) is 6.21 Å². The zero-order valence-corrected chi connectivity index (χ0v) is 12.6. The van der Waals surface area contributed by atoms with Gasteiger partial charge in [-0.25, -0.2) is 5.43 Å². The maximum Gasteiger partial charge on any atom is 0.236 e. The van der Waals surface area contributed by atoms with E-state index in [1.165, 1.54) is 6.92 Å². The Kier molecular flexibility index (Phi) is 3.74. The molecule has 0 saturated carbocycles. The van der Waals surface area contributed by atoms with Crippen molar-refractivity contribution in [3.8, 4) is 11.3 Å². The molecule has 0 atom stereocenters. The van der Waals surface area contributed by atoms with Crippen LogP contribution in [0.15, 0.2) is 59.7 Å². The van der Waals surface area contributed by atoms with Crippen LogP contribution >= 0.6 is 0 Å². The molecule has 0 fully saturated rings. The Morgan fingerprint density at radius 2 is 1.77 bits per heavy atom. The van der Waals surface area contributed by atoms with Crippen molar-refractivity contribution in [1.82, 2.24) is 9.99 Å². The summed E-state index contributed by atoms with van der Waals surface area (Å²) in [6.07, 6.45) is 1.71. The first kappa shape index (κ1) is 14.1. The van der Waals surface area contributed by atoms with Gasteiger partial charge in [0.2, 0.25) is 5.91 Å². The van der Waals surface area contributed by atoms with E-state index in [0.29, 0.717) is 0 Å². The molecular weight excluding hydrogens is 274 g/mol. The highest BCUT2D eigenvalue weighted by molar-refractivity contribution is 6.06. The number of para-hydroxylation sites is 1. The minimum absolute atomic E-state index is 0.183. The van der Waals surface area contributed by atoms with Gasteiger partial charge in [0.05, 0.1) is 11.9 Å². The highest BCUT2D eigenvalue weighted by atomic mass is 16.2. The van der Waals surface area contributed by atoms with Gasteiger partial charge in [-0.1, -0.05) is 48.5 Å². The summed E-state index contributed by atoms with van der Waals surface area (Å²) in [7, 11) is 2.04. The fraction of sp³-hybridized carbons (Fsp3) is 0.111. The van der Waals surface area contributed by atoms with Crippen LogP contribution < -0.4 is 5.43 Å². The van der Waals surface area contributed by atoms with Crippen molar-refractivity contribution in [3.05, 3.63) is 60.2 Å². The van der Waals surface area contributed by atoms with E-state index in [2.05, 4.69) is 39.4 Å². The number of hydrazone groups is 1. The van der Waals surface area contributed by atoms with Crippen molar-refractivity contribution in [2.45, 2.75) is 6.92 Å². The van der Waals surface area contributed by atoms with Crippen molar-refractivity contribution in [2.24, 2.45) is 12.1 Å². The summed E-state index contributed by atoms with van der Waals surface area (Å²) in [6, 6.07) is 18.3. The third kappa shape index (κ3) is 2.51. The monoisotopic (exact) mass is 291 g/mol. The number of aryl methyl sites for hydroxylation is 1. The van der Waals surface area contributed by atoms with Crippen LogP contribution in [0.25, 0.3) is 22.2 Å². The number of fused-ring (bicyclic) bond motifs is 1. The normalized spacial score (nSPS) is 11.2. The molecule has 1 amide bonds. The third-order valence-corrected chi connectivity index (χ3v) is 3.61. The number of nitrogens with one attached hydrogen (secondary N) is 1. The highest BCUT2D eigenvalue weighted by Crippen LogP contribution is 2.31. The van der Waals surface area contributed by atoms with Gasteiger partial charge in [-0.2, -0.15) is 5.10 Å². The summed E-state index contributed by atoms with van der Waals surface area (Å²) in [5.74, 6) is -0.183. The molecule has 22 heavy (non-hydrogen) atoms. The lowest BCUT2D eigenvalue weighted by molar-refractivity contribution is -0.118. The van der Waals surface area contributed by atoms with Crippen LogP contribution in [-0.2, 0) is 11.8 Å². The number of aromatic nitrogens is 1. The maximum atomic E-state index is 11.0. The Labute approximate surface area is 129 Å². The molecule has 0 spiro atoms. The number of rotatable bonds is 3. The molecule has 4 nitrogen and oxygen atoms in total. The predicted octanol–water partition coefficient (Wildman–Crippen LogP) is 3.32. The van der Waals surface area contributed by atoms with Crippen molar-refractivity contribution >= 4 is 23.0 Å². The molecule has 110 valence electrons. The minimum atomic E-state index is -0.183. The van der Waals surface area contributed by atoms with Crippen molar-refractivity contribution in [3.63, 3.8) is 0 Å².